The number of anilines is 2. The van der Waals surface area contributed by atoms with Gasteiger partial charge in [-0.05, 0) is 18.2 Å². The predicted molar refractivity (Wildman–Crippen MR) is 75.2 cm³/mol. The lowest BCUT2D eigenvalue weighted by atomic mass is 10.2. The Bertz CT molecular complexity index is 496. The van der Waals surface area contributed by atoms with Gasteiger partial charge in [-0.15, -0.1) is 11.3 Å². The number of halogens is 1. The molecule has 90 valence electrons. The van der Waals surface area contributed by atoms with Crippen LogP contribution in [0.25, 0.3) is 0 Å². The van der Waals surface area contributed by atoms with Gasteiger partial charge in [-0.2, -0.15) is 0 Å². The molecule has 0 atom stereocenters. The maximum atomic E-state index is 5.78. The van der Waals surface area contributed by atoms with Gasteiger partial charge >= 0.3 is 0 Å². The van der Waals surface area contributed by atoms with Crippen LogP contribution in [0.1, 0.15) is 4.88 Å². The Morgan fingerprint density at radius 3 is 2.88 bits per heavy atom. The predicted octanol–water partition coefficient (Wildman–Crippen LogP) is 3.47. The first-order chi connectivity index (χ1) is 8.15. The summed E-state index contributed by atoms with van der Waals surface area (Å²) in [4.78, 5) is 7.22. The molecule has 1 aromatic heterocycles. The largest absolute Gasteiger partial charge is 0.380 e. The van der Waals surface area contributed by atoms with Crippen molar-refractivity contribution in [1.82, 2.24) is 4.98 Å². The van der Waals surface area contributed by atoms with Crippen molar-refractivity contribution in [1.29, 1.82) is 0 Å². The van der Waals surface area contributed by atoms with Crippen LogP contribution in [0.4, 0.5) is 11.4 Å². The van der Waals surface area contributed by atoms with E-state index in [0.717, 1.165) is 17.1 Å². The molecule has 0 unspecified atom stereocenters. The molecule has 0 fully saturated rings. The molecule has 1 aromatic carbocycles. The standard InChI is InChI=1S/C12H14ClN3S/c1-16(2)10-5-3-4-9(6-10)14-7-11-8-15-12(13)17-11/h3-6,8,14H,7H2,1-2H3. The van der Waals surface area contributed by atoms with E-state index in [1.54, 1.807) is 6.20 Å². The van der Waals surface area contributed by atoms with Crippen molar-refractivity contribution in [3.8, 4) is 0 Å². The van der Waals surface area contributed by atoms with E-state index in [2.05, 4.69) is 33.4 Å². The first kappa shape index (κ1) is 12.2. The summed E-state index contributed by atoms with van der Waals surface area (Å²) in [5, 5.41) is 3.35. The van der Waals surface area contributed by atoms with E-state index in [0.29, 0.717) is 4.47 Å². The SMILES string of the molecule is CN(C)c1cccc(NCc2cnc(Cl)s2)c1. The molecule has 1 heterocycles. The van der Waals surface area contributed by atoms with Gasteiger partial charge in [0.05, 0.1) is 6.54 Å². The van der Waals surface area contributed by atoms with Crippen molar-refractivity contribution in [2.24, 2.45) is 0 Å². The average Bonchev–Trinajstić information content (AvgIpc) is 2.73. The van der Waals surface area contributed by atoms with Crippen LogP contribution in [0.3, 0.4) is 0 Å². The highest BCUT2D eigenvalue weighted by Crippen LogP contribution is 2.21. The van der Waals surface area contributed by atoms with E-state index in [9.17, 15) is 0 Å². The van der Waals surface area contributed by atoms with E-state index in [1.165, 1.54) is 17.0 Å². The Labute approximate surface area is 110 Å². The first-order valence-corrected chi connectivity index (χ1v) is 6.46. The highest BCUT2D eigenvalue weighted by Gasteiger charge is 2.00. The number of nitrogens with one attached hydrogen (secondary N) is 1. The summed E-state index contributed by atoms with van der Waals surface area (Å²) >= 11 is 7.28. The van der Waals surface area contributed by atoms with Crippen molar-refractivity contribution < 1.29 is 0 Å². The summed E-state index contributed by atoms with van der Waals surface area (Å²) in [6, 6.07) is 8.28. The fourth-order valence-electron chi connectivity index (χ4n) is 1.45. The van der Waals surface area contributed by atoms with Crippen molar-refractivity contribution in [2.75, 3.05) is 24.3 Å². The van der Waals surface area contributed by atoms with Crippen LogP contribution < -0.4 is 10.2 Å². The van der Waals surface area contributed by atoms with Crippen LogP contribution >= 0.6 is 22.9 Å². The zero-order valence-electron chi connectivity index (χ0n) is 9.77. The molecule has 0 saturated heterocycles. The highest BCUT2D eigenvalue weighted by molar-refractivity contribution is 7.15. The molecule has 2 aromatic rings. The Hall–Kier alpha value is -1.26. The van der Waals surface area contributed by atoms with Gasteiger partial charge < -0.3 is 10.2 Å². The van der Waals surface area contributed by atoms with Crippen molar-refractivity contribution >= 4 is 34.3 Å². The average molecular weight is 268 g/mol. The number of aromatic nitrogens is 1. The lowest BCUT2D eigenvalue weighted by molar-refractivity contribution is 1.12. The number of rotatable bonds is 4. The zero-order valence-corrected chi connectivity index (χ0v) is 11.3. The first-order valence-electron chi connectivity index (χ1n) is 5.26. The van der Waals surface area contributed by atoms with Gasteiger partial charge in [-0.3, -0.25) is 0 Å². The molecule has 17 heavy (non-hydrogen) atoms. The van der Waals surface area contributed by atoms with Gasteiger partial charge in [0.15, 0.2) is 4.47 Å². The molecule has 3 nitrogen and oxygen atoms in total. The number of nitrogens with zero attached hydrogens (tertiary/aromatic N) is 2. The molecule has 5 heteroatoms. The molecule has 0 bridgehead atoms. The lowest BCUT2D eigenvalue weighted by Crippen LogP contribution is -2.08. The minimum absolute atomic E-state index is 0.587. The molecule has 0 aliphatic carbocycles. The summed E-state index contributed by atoms with van der Waals surface area (Å²) in [6.07, 6.45) is 1.80. The van der Waals surface area contributed by atoms with Gasteiger partial charge in [0.2, 0.25) is 0 Å². The molecule has 0 amide bonds. The van der Waals surface area contributed by atoms with E-state index in [-0.39, 0.29) is 0 Å². The van der Waals surface area contributed by atoms with Crippen LogP contribution in [0.15, 0.2) is 30.5 Å². The van der Waals surface area contributed by atoms with Crippen LogP contribution in [0, 0.1) is 0 Å². The van der Waals surface area contributed by atoms with Gasteiger partial charge in [0.25, 0.3) is 0 Å². The third kappa shape index (κ3) is 3.35. The summed E-state index contributed by atoms with van der Waals surface area (Å²) in [5.74, 6) is 0. The van der Waals surface area contributed by atoms with E-state index < -0.39 is 0 Å². The molecule has 0 aliphatic heterocycles. The molecule has 1 N–H and O–H groups in total. The molecule has 0 saturated carbocycles. The van der Waals surface area contributed by atoms with Crippen LogP contribution in [-0.2, 0) is 6.54 Å². The van der Waals surface area contributed by atoms with Gasteiger partial charge in [0.1, 0.15) is 0 Å². The van der Waals surface area contributed by atoms with E-state index in [4.69, 9.17) is 11.6 Å². The topological polar surface area (TPSA) is 28.2 Å². The quantitative estimate of drug-likeness (QED) is 0.919. The number of hydrogen-bond donors (Lipinski definition) is 1. The maximum Gasteiger partial charge on any atom is 0.183 e. The fraction of sp³-hybridized carbons (Fsp3) is 0.250. The Balaban J connectivity index is 2.01. The Morgan fingerprint density at radius 2 is 2.24 bits per heavy atom. The second-order valence-corrected chi connectivity index (χ2v) is 5.58. The van der Waals surface area contributed by atoms with Crippen LogP contribution in [-0.4, -0.2) is 19.1 Å². The maximum absolute atomic E-state index is 5.78. The zero-order chi connectivity index (χ0) is 12.3. The molecular formula is C12H14ClN3S. The molecule has 0 radical (unpaired) electrons. The molecular weight excluding hydrogens is 254 g/mol. The molecule has 0 aliphatic rings. The monoisotopic (exact) mass is 267 g/mol. The van der Waals surface area contributed by atoms with Gasteiger partial charge in [-0.25, -0.2) is 4.98 Å². The van der Waals surface area contributed by atoms with E-state index >= 15 is 0 Å². The lowest BCUT2D eigenvalue weighted by Gasteiger charge is -2.14. The minimum Gasteiger partial charge on any atom is -0.380 e. The second-order valence-electron chi connectivity index (χ2n) is 3.88. The summed E-state index contributed by atoms with van der Waals surface area (Å²) < 4.78 is 0.587. The Kier molecular flexibility index (Phi) is 3.86. The van der Waals surface area contributed by atoms with Gasteiger partial charge in [0, 0.05) is 36.5 Å². The summed E-state index contributed by atoms with van der Waals surface area (Å²) in [6.45, 7) is 0.751. The number of hydrogen-bond acceptors (Lipinski definition) is 4. The van der Waals surface area contributed by atoms with Crippen molar-refractivity contribution in [3.63, 3.8) is 0 Å². The second kappa shape index (κ2) is 5.38. The van der Waals surface area contributed by atoms with Gasteiger partial charge in [-0.1, -0.05) is 17.7 Å². The smallest absolute Gasteiger partial charge is 0.183 e. The number of benzene rings is 1. The van der Waals surface area contributed by atoms with Crippen LogP contribution in [0.2, 0.25) is 4.47 Å². The fourth-order valence-corrected chi connectivity index (χ4v) is 2.37. The molecule has 0 spiro atoms. The normalized spacial score (nSPS) is 10.3. The molecule has 2 rings (SSSR count). The number of thiazole rings is 1. The van der Waals surface area contributed by atoms with Crippen LogP contribution in [0.5, 0.6) is 0 Å². The third-order valence-corrected chi connectivity index (χ3v) is 3.47. The van der Waals surface area contributed by atoms with Crippen molar-refractivity contribution in [2.45, 2.75) is 6.54 Å². The highest BCUT2D eigenvalue weighted by atomic mass is 35.5. The third-order valence-electron chi connectivity index (χ3n) is 2.35. The summed E-state index contributed by atoms with van der Waals surface area (Å²) in [7, 11) is 4.06. The van der Waals surface area contributed by atoms with Crippen molar-refractivity contribution in [3.05, 3.63) is 39.8 Å². The minimum atomic E-state index is 0.587. The van der Waals surface area contributed by atoms with E-state index in [1.807, 2.05) is 20.2 Å². The summed E-state index contributed by atoms with van der Waals surface area (Å²) in [5.41, 5.74) is 2.28. The Morgan fingerprint density at radius 1 is 1.41 bits per heavy atom.